The van der Waals surface area contributed by atoms with Crippen LogP contribution in [0.15, 0.2) is 35.5 Å². The normalized spacial score (nSPS) is 18.9. The van der Waals surface area contributed by atoms with E-state index in [0.717, 1.165) is 5.56 Å². The summed E-state index contributed by atoms with van der Waals surface area (Å²) in [5.74, 6) is -0.204. The Balaban J connectivity index is 1.83. The molecule has 1 aliphatic rings. The Hall–Kier alpha value is -2.26. The first-order chi connectivity index (χ1) is 11.0. The first-order valence-corrected chi connectivity index (χ1v) is 8.67. The lowest BCUT2D eigenvalue weighted by molar-refractivity contribution is -0.119. The Morgan fingerprint density at radius 3 is 2.74 bits per heavy atom. The Kier molecular flexibility index (Phi) is 4.14. The van der Waals surface area contributed by atoms with E-state index in [0.29, 0.717) is 19.4 Å². The van der Waals surface area contributed by atoms with E-state index in [1.807, 2.05) is 6.92 Å². The molecule has 2 aromatic rings. The summed E-state index contributed by atoms with van der Waals surface area (Å²) in [4.78, 5) is 16.4. The number of rotatable bonds is 4. The predicted octanol–water partition coefficient (Wildman–Crippen LogP) is 0.905. The lowest BCUT2D eigenvalue weighted by Gasteiger charge is -2.23. The maximum absolute atomic E-state index is 12.8. The summed E-state index contributed by atoms with van der Waals surface area (Å²) in [6.45, 7) is 2.21. The van der Waals surface area contributed by atoms with Gasteiger partial charge in [-0.05, 0) is 31.9 Å². The molecule has 1 atom stereocenters. The van der Waals surface area contributed by atoms with Crippen LogP contribution in [-0.4, -0.2) is 46.4 Å². The van der Waals surface area contributed by atoms with Crippen LogP contribution in [0, 0.1) is 6.92 Å². The molecule has 3 rings (SSSR count). The molecule has 2 heterocycles. The quantitative estimate of drug-likeness (QED) is 0.863. The van der Waals surface area contributed by atoms with Gasteiger partial charge in [0, 0.05) is 6.54 Å². The number of sulfonamides is 1. The fraction of sp³-hybridized carbons (Fsp3) is 0.357. The van der Waals surface area contributed by atoms with E-state index in [4.69, 9.17) is 0 Å². The third-order valence-electron chi connectivity index (χ3n) is 3.79. The average molecular weight is 335 g/mol. The summed E-state index contributed by atoms with van der Waals surface area (Å²) in [5.41, 5.74) is 0.977. The van der Waals surface area contributed by atoms with Crippen molar-refractivity contribution in [1.82, 2.24) is 19.5 Å². The number of H-pyrrole nitrogens is 1. The molecule has 1 amide bonds. The summed E-state index contributed by atoms with van der Waals surface area (Å²) >= 11 is 0. The molecule has 1 saturated heterocycles. The van der Waals surface area contributed by atoms with Crippen molar-refractivity contribution < 1.29 is 13.2 Å². The second kappa shape index (κ2) is 6.09. The van der Waals surface area contributed by atoms with Crippen LogP contribution >= 0.6 is 0 Å². The third kappa shape index (κ3) is 3.10. The van der Waals surface area contributed by atoms with E-state index in [-0.39, 0.29) is 10.8 Å². The first kappa shape index (κ1) is 15.6. The maximum atomic E-state index is 12.8. The standard InChI is InChI=1S/C14H17N5O3S/c1-10-4-6-11(7-5-10)23(21,22)19-8-2-3-12(19)13(20)17-14-15-9-16-18-14/h4-7,9,12H,2-3,8H2,1H3,(H2,15,16,17,18,20)/t12-/m0/s1. The fourth-order valence-corrected chi connectivity index (χ4v) is 4.26. The SMILES string of the molecule is Cc1ccc(S(=O)(=O)N2CCC[C@H]2C(=O)Nc2ncn[nH]2)cc1. The van der Waals surface area contributed by atoms with E-state index < -0.39 is 22.0 Å². The number of benzene rings is 1. The van der Waals surface area contributed by atoms with Gasteiger partial charge in [0.05, 0.1) is 4.90 Å². The van der Waals surface area contributed by atoms with E-state index in [2.05, 4.69) is 20.5 Å². The molecule has 0 spiro atoms. The fourth-order valence-electron chi connectivity index (χ4n) is 2.60. The van der Waals surface area contributed by atoms with Crippen molar-refractivity contribution in [3.05, 3.63) is 36.2 Å². The third-order valence-corrected chi connectivity index (χ3v) is 5.71. The molecule has 1 fully saturated rings. The molecule has 0 aliphatic carbocycles. The van der Waals surface area contributed by atoms with Crippen molar-refractivity contribution in [3.8, 4) is 0 Å². The second-order valence-corrected chi connectivity index (χ2v) is 7.30. The maximum Gasteiger partial charge on any atom is 0.245 e. The smallest absolute Gasteiger partial charge is 0.245 e. The number of hydrogen-bond acceptors (Lipinski definition) is 5. The van der Waals surface area contributed by atoms with Gasteiger partial charge in [-0.2, -0.15) is 14.4 Å². The number of aromatic nitrogens is 3. The highest BCUT2D eigenvalue weighted by Crippen LogP contribution is 2.26. The van der Waals surface area contributed by atoms with E-state index in [9.17, 15) is 13.2 Å². The lowest BCUT2D eigenvalue weighted by Crippen LogP contribution is -2.43. The minimum atomic E-state index is -3.70. The number of aryl methyl sites for hydroxylation is 1. The largest absolute Gasteiger partial charge is 0.294 e. The first-order valence-electron chi connectivity index (χ1n) is 7.23. The molecule has 23 heavy (non-hydrogen) atoms. The van der Waals surface area contributed by atoms with Crippen molar-refractivity contribution in [3.63, 3.8) is 0 Å². The Morgan fingerprint density at radius 2 is 2.09 bits per heavy atom. The van der Waals surface area contributed by atoms with Crippen molar-refractivity contribution in [1.29, 1.82) is 0 Å². The van der Waals surface area contributed by atoms with Crippen LogP contribution in [0.3, 0.4) is 0 Å². The molecule has 1 aromatic carbocycles. The van der Waals surface area contributed by atoms with Gasteiger partial charge in [-0.3, -0.25) is 10.1 Å². The van der Waals surface area contributed by atoms with Crippen molar-refractivity contribution >= 4 is 21.9 Å². The van der Waals surface area contributed by atoms with Crippen LogP contribution in [-0.2, 0) is 14.8 Å². The minimum Gasteiger partial charge on any atom is -0.294 e. The van der Waals surface area contributed by atoms with E-state index in [1.54, 1.807) is 24.3 Å². The number of carbonyl (C=O) groups is 1. The summed E-state index contributed by atoms with van der Waals surface area (Å²) in [5, 5.41) is 8.72. The highest BCUT2D eigenvalue weighted by molar-refractivity contribution is 7.89. The zero-order chi connectivity index (χ0) is 16.4. The highest BCUT2D eigenvalue weighted by atomic mass is 32.2. The van der Waals surface area contributed by atoms with Crippen molar-refractivity contribution in [2.24, 2.45) is 0 Å². The molecule has 0 bridgehead atoms. The second-order valence-electron chi connectivity index (χ2n) is 5.41. The number of nitrogens with one attached hydrogen (secondary N) is 2. The van der Waals surface area contributed by atoms with Gasteiger partial charge < -0.3 is 0 Å². The van der Waals surface area contributed by atoms with Gasteiger partial charge in [0.25, 0.3) is 0 Å². The minimum absolute atomic E-state index is 0.197. The summed E-state index contributed by atoms with van der Waals surface area (Å²) in [6.07, 6.45) is 2.38. The number of aromatic amines is 1. The van der Waals surface area contributed by atoms with Crippen LogP contribution in [0.1, 0.15) is 18.4 Å². The van der Waals surface area contributed by atoms with Crippen LogP contribution in [0.5, 0.6) is 0 Å². The predicted molar refractivity (Wildman–Crippen MR) is 83.1 cm³/mol. The molecule has 0 radical (unpaired) electrons. The van der Waals surface area contributed by atoms with E-state index in [1.165, 1.54) is 10.6 Å². The van der Waals surface area contributed by atoms with E-state index >= 15 is 0 Å². The van der Waals surface area contributed by atoms with Gasteiger partial charge in [0.2, 0.25) is 21.9 Å². The molecular weight excluding hydrogens is 318 g/mol. The number of amides is 1. The monoisotopic (exact) mass is 335 g/mol. The van der Waals surface area contributed by atoms with Crippen LogP contribution in [0.4, 0.5) is 5.95 Å². The number of anilines is 1. The number of hydrogen-bond donors (Lipinski definition) is 2. The highest BCUT2D eigenvalue weighted by Gasteiger charge is 2.39. The lowest BCUT2D eigenvalue weighted by atomic mass is 10.2. The Labute approximate surface area is 134 Å². The van der Waals surface area contributed by atoms with Gasteiger partial charge in [-0.15, -0.1) is 0 Å². The molecule has 0 saturated carbocycles. The molecule has 8 nitrogen and oxygen atoms in total. The average Bonchev–Trinajstić information content (AvgIpc) is 3.19. The van der Waals surface area contributed by atoms with Crippen molar-refractivity contribution in [2.75, 3.05) is 11.9 Å². The molecule has 1 aromatic heterocycles. The Bertz CT molecular complexity index is 786. The topological polar surface area (TPSA) is 108 Å². The number of carbonyl (C=O) groups excluding carboxylic acids is 1. The van der Waals surface area contributed by atoms with Gasteiger partial charge >= 0.3 is 0 Å². The zero-order valence-electron chi connectivity index (χ0n) is 12.6. The molecule has 9 heteroatoms. The van der Waals surface area contributed by atoms with Gasteiger partial charge in [0.15, 0.2) is 0 Å². The van der Waals surface area contributed by atoms with Crippen LogP contribution in [0.25, 0.3) is 0 Å². The molecule has 122 valence electrons. The van der Waals surface area contributed by atoms with Crippen molar-refractivity contribution in [2.45, 2.75) is 30.7 Å². The summed E-state index contributed by atoms with van der Waals surface area (Å²) < 4.78 is 26.8. The molecule has 2 N–H and O–H groups in total. The molecule has 1 aliphatic heterocycles. The number of nitrogens with zero attached hydrogens (tertiary/aromatic N) is 3. The zero-order valence-corrected chi connectivity index (χ0v) is 13.4. The Morgan fingerprint density at radius 1 is 1.35 bits per heavy atom. The molecule has 0 unspecified atom stereocenters. The molecular formula is C14H17N5O3S. The summed E-state index contributed by atoms with van der Waals surface area (Å²) in [7, 11) is -3.70. The van der Waals surface area contributed by atoms with Gasteiger partial charge in [-0.25, -0.2) is 13.5 Å². The van der Waals surface area contributed by atoms with Crippen LogP contribution < -0.4 is 5.32 Å². The van der Waals surface area contributed by atoms with Gasteiger partial charge in [0.1, 0.15) is 12.4 Å². The van der Waals surface area contributed by atoms with Crippen LogP contribution in [0.2, 0.25) is 0 Å². The summed E-state index contributed by atoms with van der Waals surface area (Å²) in [6, 6.07) is 5.87. The van der Waals surface area contributed by atoms with Gasteiger partial charge in [-0.1, -0.05) is 17.7 Å².